The van der Waals surface area contributed by atoms with Crippen LogP contribution in [-0.2, 0) is 11.3 Å². The Morgan fingerprint density at radius 2 is 2.08 bits per heavy atom. The van der Waals surface area contributed by atoms with Crippen LogP contribution in [-0.4, -0.2) is 22.4 Å². The molecule has 1 heterocycles. The third-order valence-electron chi connectivity index (χ3n) is 2.04. The molecule has 13 heavy (non-hydrogen) atoms. The number of amides is 1. The maximum absolute atomic E-state index is 11.3. The molecular formula is C10H11NOS. The van der Waals surface area contributed by atoms with Crippen molar-refractivity contribution in [1.29, 1.82) is 0 Å². The maximum Gasteiger partial charge on any atom is 0.233 e. The Labute approximate surface area is 81.9 Å². The van der Waals surface area contributed by atoms with Crippen LogP contribution in [0.4, 0.5) is 0 Å². The van der Waals surface area contributed by atoms with Crippen molar-refractivity contribution in [3.05, 3.63) is 35.9 Å². The van der Waals surface area contributed by atoms with Crippen molar-refractivity contribution >= 4 is 17.7 Å². The van der Waals surface area contributed by atoms with E-state index in [1.807, 2.05) is 23.1 Å². The fourth-order valence-corrected chi connectivity index (χ4v) is 2.25. The molecular weight excluding hydrogens is 182 g/mol. The summed E-state index contributed by atoms with van der Waals surface area (Å²) in [6, 6.07) is 10.1. The fraction of sp³-hybridized carbons (Fsp3) is 0.300. The van der Waals surface area contributed by atoms with Gasteiger partial charge in [-0.3, -0.25) is 4.79 Å². The molecule has 2 rings (SSSR count). The SMILES string of the molecule is O=C1CSCN1Cc1ccccc1. The lowest BCUT2D eigenvalue weighted by Crippen LogP contribution is -2.24. The lowest BCUT2D eigenvalue weighted by molar-refractivity contribution is -0.127. The van der Waals surface area contributed by atoms with E-state index in [9.17, 15) is 4.79 Å². The lowest BCUT2D eigenvalue weighted by atomic mass is 10.2. The van der Waals surface area contributed by atoms with Gasteiger partial charge in [0.2, 0.25) is 5.91 Å². The van der Waals surface area contributed by atoms with Crippen molar-refractivity contribution in [2.75, 3.05) is 11.6 Å². The molecule has 0 aromatic heterocycles. The highest BCUT2D eigenvalue weighted by molar-refractivity contribution is 8.00. The van der Waals surface area contributed by atoms with Gasteiger partial charge < -0.3 is 4.90 Å². The van der Waals surface area contributed by atoms with E-state index >= 15 is 0 Å². The van der Waals surface area contributed by atoms with Crippen LogP contribution in [0.2, 0.25) is 0 Å². The van der Waals surface area contributed by atoms with Gasteiger partial charge in [-0.05, 0) is 5.56 Å². The Bertz CT molecular complexity index is 299. The lowest BCUT2D eigenvalue weighted by Gasteiger charge is -2.13. The van der Waals surface area contributed by atoms with Gasteiger partial charge in [0.05, 0.1) is 11.6 Å². The summed E-state index contributed by atoms with van der Waals surface area (Å²) >= 11 is 1.69. The van der Waals surface area contributed by atoms with Crippen molar-refractivity contribution in [2.24, 2.45) is 0 Å². The van der Waals surface area contributed by atoms with Crippen LogP contribution in [0.15, 0.2) is 30.3 Å². The number of benzene rings is 1. The number of nitrogens with zero attached hydrogens (tertiary/aromatic N) is 1. The number of hydrogen-bond acceptors (Lipinski definition) is 2. The third-order valence-corrected chi connectivity index (χ3v) is 2.99. The molecule has 0 aliphatic carbocycles. The molecule has 1 aliphatic heterocycles. The van der Waals surface area contributed by atoms with Crippen LogP contribution in [0.3, 0.4) is 0 Å². The van der Waals surface area contributed by atoms with Crippen LogP contribution in [0.1, 0.15) is 5.56 Å². The fourth-order valence-electron chi connectivity index (χ4n) is 1.34. The first-order valence-corrected chi connectivity index (χ1v) is 5.41. The normalized spacial score (nSPS) is 16.6. The quantitative estimate of drug-likeness (QED) is 0.712. The van der Waals surface area contributed by atoms with Gasteiger partial charge in [-0.15, -0.1) is 11.8 Å². The van der Waals surface area contributed by atoms with E-state index in [-0.39, 0.29) is 5.91 Å². The molecule has 1 aliphatic rings. The van der Waals surface area contributed by atoms with Gasteiger partial charge in [-0.2, -0.15) is 0 Å². The molecule has 0 atom stereocenters. The second-order valence-corrected chi connectivity index (χ2v) is 4.01. The van der Waals surface area contributed by atoms with Crippen LogP contribution >= 0.6 is 11.8 Å². The van der Waals surface area contributed by atoms with E-state index in [0.717, 1.165) is 12.4 Å². The van der Waals surface area contributed by atoms with Gasteiger partial charge >= 0.3 is 0 Å². The minimum atomic E-state index is 0.258. The molecule has 0 radical (unpaired) electrons. The third kappa shape index (κ3) is 2.04. The molecule has 1 saturated heterocycles. The topological polar surface area (TPSA) is 20.3 Å². The minimum Gasteiger partial charge on any atom is -0.328 e. The summed E-state index contributed by atoms with van der Waals surface area (Å²) in [5.41, 5.74) is 1.21. The van der Waals surface area contributed by atoms with E-state index in [2.05, 4.69) is 12.1 Å². The molecule has 0 saturated carbocycles. The molecule has 0 N–H and O–H groups in total. The highest BCUT2D eigenvalue weighted by Gasteiger charge is 2.20. The summed E-state index contributed by atoms with van der Waals surface area (Å²) in [7, 11) is 0. The van der Waals surface area contributed by atoms with Crippen LogP contribution in [0.5, 0.6) is 0 Å². The Kier molecular flexibility index (Phi) is 2.54. The molecule has 3 heteroatoms. The smallest absolute Gasteiger partial charge is 0.233 e. The highest BCUT2D eigenvalue weighted by Crippen LogP contribution is 2.17. The van der Waals surface area contributed by atoms with Crippen molar-refractivity contribution in [2.45, 2.75) is 6.54 Å². The van der Waals surface area contributed by atoms with Gasteiger partial charge in [0.15, 0.2) is 0 Å². The van der Waals surface area contributed by atoms with E-state index in [0.29, 0.717) is 5.75 Å². The zero-order valence-electron chi connectivity index (χ0n) is 7.27. The van der Waals surface area contributed by atoms with Gasteiger partial charge in [0.25, 0.3) is 0 Å². The van der Waals surface area contributed by atoms with Crippen LogP contribution in [0.25, 0.3) is 0 Å². The van der Waals surface area contributed by atoms with E-state index in [4.69, 9.17) is 0 Å². The Morgan fingerprint density at radius 1 is 1.31 bits per heavy atom. The average Bonchev–Trinajstić information content (AvgIpc) is 2.54. The average molecular weight is 193 g/mol. The van der Waals surface area contributed by atoms with Crippen molar-refractivity contribution in [3.8, 4) is 0 Å². The molecule has 1 amide bonds. The summed E-state index contributed by atoms with van der Waals surface area (Å²) in [5, 5.41) is 0. The number of thioether (sulfide) groups is 1. The number of carbonyl (C=O) groups is 1. The first kappa shape index (κ1) is 8.63. The first-order chi connectivity index (χ1) is 6.36. The molecule has 1 aromatic carbocycles. The Morgan fingerprint density at radius 3 is 2.69 bits per heavy atom. The second kappa shape index (κ2) is 3.83. The van der Waals surface area contributed by atoms with E-state index < -0.39 is 0 Å². The molecule has 0 bridgehead atoms. The van der Waals surface area contributed by atoms with Crippen LogP contribution < -0.4 is 0 Å². The number of rotatable bonds is 2. The molecule has 68 valence electrons. The highest BCUT2D eigenvalue weighted by atomic mass is 32.2. The van der Waals surface area contributed by atoms with Gasteiger partial charge in [-0.1, -0.05) is 30.3 Å². The molecule has 2 nitrogen and oxygen atoms in total. The second-order valence-electron chi connectivity index (χ2n) is 3.05. The zero-order chi connectivity index (χ0) is 9.10. The number of hydrogen-bond donors (Lipinski definition) is 0. The summed E-state index contributed by atoms with van der Waals surface area (Å²) in [6.07, 6.45) is 0. The molecule has 0 spiro atoms. The predicted molar refractivity (Wildman–Crippen MR) is 54.3 cm³/mol. The summed E-state index contributed by atoms with van der Waals surface area (Å²) < 4.78 is 0. The monoisotopic (exact) mass is 193 g/mol. The van der Waals surface area contributed by atoms with Crippen molar-refractivity contribution in [1.82, 2.24) is 4.90 Å². The first-order valence-electron chi connectivity index (χ1n) is 4.26. The molecule has 1 aromatic rings. The maximum atomic E-state index is 11.3. The molecule has 1 fully saturated rings. The summed E-state index contributed by atoms with van der Waals surface area (Å²) in [4.78, 5) is 13.2. The van der Waals surface area contributed by atoms with Crippen molar-refractivity contribution < 1.29 is 4.79 Å². The van der Waals surface area contributed by atoms with E-state index in [1.165, 1.54) is 5.56 Å². The zero-order valence-corrected chi connectivity index (χ0v) is 8.09. The van der Waals surface area contributed by atoms with Gasteiger partial charge in [-0.25, -0.2) is 0 Å². The van der Waals surface area contributed by atoms with Crippen LogP contribution in [0, 0.1) is 0 Å². The summed E-state index contributed by atoms with van der Waals surface area (Å²) in [5.74, 6) is 1.74. The standard InChI is InChI=1S/C10H11NOS/c12-10-7-13-8-11(10)6-9-4-2-1-3-5-9/h1-5H,6-8H2. The van der Waals surface area contributed by atoms with Gasteiger partial charge in [0.1, 0.15) is 0 Å². The minimum absolute atomic E-state index is 0.258. The Balaban J connectivity index is 2.02. The van der Waals surface area contributed by atoms with Gasteiger partial charge in [0, 0.05) is 6.54 Å². The predicted octanol–water partition coefficient (Wildman–Crippen LogP) is 1.72. The summed E-state index contributed by atoms with van der Waals surface area (Å²) in [6.45, 7) is 0.757. The largest absolute Gasteiger partial charge is 0.328 e. The Hall–Kier alpha value is -0.960. The van der Waals surface area contributed by atoms with E-state index in [1.54, 1.807) is 11.8 Å². The number of carbonyl (C=O) groups excluding carboxylic acids is 1. The van der Waals surface area contributed by atoms with Crippen molar-refractivity contribution in [3.63, 3.8) is 0 Å². The molecule has 0 unspecified atom stereocenters.